The van der Waals surface area contributed by atoms with Crippen LogP contribution in [-0.4, -0.2) is 11.7 Å². The molecular weight excluding hydrogens is 305 g/mol. The summed E-state index contributed by atoms with van der Waals surface area (Å²) in [6.07, 6.45) is -0.944. The molecule has 1 N–H and O–H groups in total. The lowest BCUT2D eigenvalue weighted by Gasteiger charge is -2.13. The fraction of sp³-hybridized carbons (Fsp3) is 0.200. The second kappa shape index (κ2) is 6.83. The van der Waals surface area contributed by atoms with E-state index < -0.39 is 18.5 Å². The van der Waals surface area contributed by atoms with Crippen LogP contribution < -0.4 is 4.74 Å². The molecule has 1 unspecified atom stereocenters. The molecule has 0 spiro atoms. The number of rotatable bonds is 5. The number of ether oxygens (including phenoxy) is 1. The fourth-order valence-electron chi connectivity index (χ4n) is 1.90. The van der Waals surface area contributed by atoms with Crippen molar-refractivity contribution in [3.63, 3.8) is 0 Å². The van der Waals surface area contributed by atoms with Crippen LogP contribution in [0.5, 0.6) is 5.75 Å². The first-order chi connectivity index (χ1) is 9.97. The Kier molecular flexibility index (Phi) is 5.09. The summed E-state index contributed by atoms with van der Waals surface area (Å²) in [5.74, 6) is -0.578. The Hall–Kier alpha value is -1.72. The van der Waals surface area contributed by atoms with E-state index in [0.717, 1.165) is 0 Å². The summed E-state index contributed by atoms with van der Waals surface area (Å²) >= 11 is 5.67. The van der Waals surface area contributed by atoms with E-state index in [-0.39, 0.29) is 22.8 Å². The summed E-state index contributed by atoms with van der Waals surface area (Å²) in [6.45, 7) is -2.90. The number of alkyl halides is 2. The maximum Gasteiger partial charge on any atom is 0.387 e. The molecule has 0 aliphatic carbocycles. The number of aliphatic hydroxyl groups is 1. The van der Waals surface area contributed by atoms with Gasteiger partial charge < -0.3 is 9.84 Å². The summed E-state index contributed by atoms with van der Waals surface area (Å²) in [6, 6.07) is 10.1. The monoisotopic (exact) mass is 316 g/mol. The lowest BCUT2D eigenvalue weighted by atomic mass is 10.0. The molecule has 2 nitrogen and oxygen atoms in total. The van der Waals surface area contributed by atoms with Gasteiger partial charge in [0.15, 0.2) is 0 Å². The van der Waals surface area contributed by atoms with Gasteiger partial charge >= 0.3 is 6.61 Å². The maximum atomic E-state index is 13.7. The molecule has 112 valence electrons. The zero-order valence-corrected chi connectivity index (χ0v) is 11.5. The van der Waals surface area contributed by atoms with Crippen molar-refractivity contribution in [2.45, 2.75) is 19.1 Å². The van der Waals surface area contributed by atoms with Crippen LogP contribution in [0.3, 0.4) is 0 Å². The number of hydrogen-bond acceptors (Lipinski definition) is 2. The Balaban J connectivity index is 2.09. The van der Waals surface area contributed by atoms with Gasteiger partial charge in [-0.3, -0.25) is 0 Å². The van der Waals surface area contributed by atoms with Gasteiger partial charge in [-0.15, -0.1) is 0 Å². The van der Waals surface area contributed by atoms with Crippen LogP contribution in [0.2, 0.25) is 5.02 Å². The van der Waals surface area contributed by atoms with Gasteiger partial charge in [-0.1, -0.05) is 35.9 Å². The molecule has 0 fully saturated rings. The third-order valence-electron chi connectivity index (χ3n) is 2.93. The predicted octanol–water partition coefficient (Wildman–Crippen LogP) is 4.36. The highest BCUT2D eigenvalue weighted by Crippen LogP contribution is 2.25. The smallest absolute Gasteiger partial charge is 0.387 e. The minimum absolute atomic E-state index is 0.00474. The second-order valence-electron chi connectivity index (χ2n) is 4.38. The molecule has 2 rings (SSSR count). The minimum Gasteiger partial charge on any atom is -0.435 e. The molecule has 0 aromatic heterocycles. The van der Waals surface area contributed by atoms with Crippen LogP contribution >= 0.6 is 11.6 Å². The normalized spacial score (nSPS) is 12.5. The molecule has 0 bridgehead atoms. The first-order valence-corrected chi connectivity index (χ1v) is 6.51. The third-order valence-corrected chi connectivity index (χ3v) is 3.23. The van der Waals surface area contributed by atoms with Crippen LogP contribution in [0.1, 0.15) is 17.2 Å². The number of halogens is 4. The van der Waals surface area contributed by atoms with Gasteiger partial charge in [0.1, 0.15) is 11.6 Å². The minimum atomic E-state index is -2.90. The summed E-state index contributed by atoms with van der Waals surface area (Å²) in [7, 11) is 0. The van der Waals surface area contributed by atoms with E-state index in [4.69, 9.17) is 11.6 Å². The van der Waals surface area contributed by atoms with Crippen LogP contribution in [0.15, 0.2) is 42.5 Å². The molecule has 6 heteroatoms. The van der Waals surface area contributed by atoms with Crippen molar-refractivity contribution in [2.75, 3.05) is 0 Å². The lowest BCUT2D eigenvalue weighted by Crippen LogP contribution is -2.05. The zero-order chi connectivity index (χ0) is 15.4. The van der Waals surface area contributed by atoms with Gasteiger partial charge in [0.25, 0.3) is 0 Å². The van der Waals surface area contributed by atoms with E-state index in [1.807, 2.05) is 0 Å². The van der Waals surface area contributed by atoms with E-state index >= 15 is 0 Å². The van der Waals surface area contributed by atoms with E-state index in [1.165, 1.54) is 36.4 Å². The molecule has 21 heavy (non-hydrogen) atoms. The lowest BCUT2D eigenvalue weighted by molar-refractivity contribution is -0.0498. The van der Waals surface area contributed by atoms with Crippen LogP contribution in [-0.2, 0) is 6.42 Å². The van der Waals surface area contributed by atoms with Gasteiger partial charge in [-0.2, -0.15) is 8.78 Å². The second-order valence-corrected chi connectivity index (χ2v) is 4.79. The Morgan fingerprint density at radius 3 is 2.38 bits per heavy atom. The topological polar surface area (TPSA) is 29.5 Å². The summed E-state index contributed by atoms with van der Waals surface area (Å²) < 4.78 is 42.0. The average molecular weight is 317 g/mol. The molecule has 0 saturated heterocycles. The molecule has 2 aromatic carbocycles. The Labute approximate surface area is 124 Å². The maximum absolute atomic E-state index is 13.7. The van der Waals surface area contributed by atoms with Crippen molar-refractivity contribution >= 4 is 11.6 Å². The van der Waals surface area contributed by atoms with Crippen molar-refractivity contribution in [2.24, 2.45) is 0 Å². The number of aliphatic hydroxyl groups excluding tert-OH is 1. The quantitative estimate of drug-likeness (QED) is 0.888. The molecule has 0 radical (unpaired) electrons. The Morgan fingerprint density at radius 1 is 1.10 bits per heavy atom. The van der Waals surface area contributed by atoms with E-state index in [0.29, 0.717) is 5.56 Å². The molecular formula is C15H12ClF3O2. The van der Waals surface area contributed by atoms with Crippen molar-refractivity contribution in [1.29, 1.82) is 0 Å². The summed E-state index contributed by atoms with van der Waals surface area (Å²) in [4.78, 5) is 0. The van der Waals surface area contributed by atoms with Crippen LogP contribution in [0.4, 0.5) is 13.2 Å². The first kappa shape index (κ1) is 15.7. The van der Waals surface area contributed by atoms with Crippen LogP contribution in [0.25, 0.3) is 0 Å². The molecule has 1 atom stereocenters. The highest BCUT2D eigenvalue weighted by atomic mass is 35.5. The van der Waals surface area contributed by atoms with E-state index in [9.17, 15) is 18.3 Å². The Bertz CT molecular complexity index is 602. The SMILES string of the molecule is OC(Cc1cccc(Cl)c1F)c1ccc(OC(F)F)cc1. The van der Waals surface area contributed by atoms with Crippen molar-refractivity contribution < 1.29 is 23.0 Å². The first-order valence-electron chi connectivity index (χ1n) is 6.13. The van der Waals surface area contributed by atoms with E-state index in [1.54, 1.807) is 6.07 Å². The highest BCUT2D eigenvalue weighted by molar-refractivity contribution is 6.30. The predicted molar refractivity (Wildman–Crippen MR) is 73.1 cm³/mol. The molecule has 0 aliphatic heterocycles. The molecule has 0 heterocycles. The summed E-state index contributed by atoms with van der Waals surface area (Å²) in [5.41, 5.74) is 0.749. The fourth-order valence-corrected chi connectivity index (χ4v) is 2.10. The van der Waals surface area contributed by atoms with Crippen molar-refractivity contribution in [3.05, 3.63) is 64.4 Å². The third kappa shape index (κ3) is 4.12. The molecule has 0 amide bonds. The number of benzene rings is 2. The zero-order valence-electron chi connectivity index (χ0n) is 10.8. The molecule has 0 saturated carbocycles. The van der Waals surface area contributed by atoms with Gasteiger partial charge in [0.2, 0.25) is 0 Å². The van der Waals surface area contributed by atoms with Gasteiger partial charge in [0, 0.05) is 6.42 Å². The number of hydrogen-bond donors (Lipinski definition) is 1. The highest BCUT2D eigenvalue weighted by Gasteiger charge is 2.14. The largest absolute Gasteiger partial charge is 0.435 e. The average Bonchev–Trinajstić information content (AvgIpc) is 2.44. The van der Waals surface area contributed by atoms with Crippen LogP contribution in [0, 0.1) is 5.82 Å². The van der Waals surface area contributed by atoms with Gasteiger partial charge in [-0.05, 0) is 29.3 Å². The van der Waals surface area contributed by atoms with Crippen molar-refractivity contribution in [1.82, 2.24) is 0 Å². The molecule has 0 aliphatic rings. The van der Waals surface area contributed by atoms with Gasteiger partial charge in [-0.25, -0.2) is 4.39 Å². The standard InChI is InChI=1S/C15H12ClF3O2/c16-12-3-1-2-10(14(12)17)8-13(20)9-4-6-11(7-5-9)21-15(18)19/h1-7,13,15,20H,8H2. The Morgan fingerprint density at radius 2 is 1.76 bits per heavy atom. The van der Waals surface area contributed by atoms with Crippen molar-refractivity contribution in [3.8, 4) is 5.75 Å². The molecule has 2 aromatic rings. The van der Waals surface area contributed by atoms with Gasteiger partial charge in [0.05, 0.1) is 11.1 Å². The summed E-state index contributed by atoms with van der Waals surface area (Å²) in [5, 5.41) is 10.0. The van der Waals surface area contributed by atoms with E-state index in [2.05, 4.69) is 4.74 Å².